The van der Waals surface area contributed by atoms with Crippen LogP contribution in [0.2, 0.25) is 0 Å². The monoisotopic (exact) mass is 430 g/mol. The van der Waals surface area contributed by atoms with Gasteiger partial charge in [0.25, 0.3) is 0 Å². The number of rotatable bonds is 12. The number of carboxylic acid groups (broad SMARTS) is 1. The number of hydrogen-bond acceptors (Lipinski definition) is 6. The number of hydrogen-bond donors (Lipinski definition) is 3. The Morgan fingerprint density at radius 3 is 2.66 bits per heavy atom. The fourth-order valence-electron chi connectivity index (χ4n) is 3.77. The SMILES string of the molecule is CCCC[C@]1(CC)CS(=O)(=O)C(=C/CCNCCC(=O)O)/C(=C\COC)[C@@H](C)N1. The molecule has 1 rings (SSSR count). The third-order valence-electron chi connectivity index (χ3n) is 5.40. The Bertz CT molecular complexity index is 687. The number of sulfone groups is 1. The number of nitrogens with one attached hydrogen (secondary N) is 2. The number of carbonyl (C=O) groups is 1. The lowest BCUT2D eigenvalue weighted by Crippen LogP contribution is -2.51. The van der Waals surface area contributed by atoms with Crippen molar-refractivity contribution in [3.8, 4) is 0 Å². The highest BCUT2D eigenvalue weighted by Crippen LogP contribution is 2.33. The van der Waals surface area contributed by atoms with Gasteiger partial charge >= 0.3 is 5.97 Å². The molecule has 0 radical (unpaired) electrons. The van der Waals surface area contributed by atoms with Gasteiger partial charge in [-0.05, 0) is 38.3 Å². The second-order valence-corrected chi connectivity index (χ2v) is 9.69. The van der Waals surface area contributed by atoms with Gasteiger partial charge in [0, 0.05) is 25.2 Å². The van der Waals surface area contributed by atoms with E-state index in [1.165, 1.54) is 0 Å². The maximum atomic E-state index is 13.4. The third-order valence-corrected chi connectivity index (χ3v) is 7.40. The molecule has 8 heteroatoms. The summed E-state index contributed by atoms with van der Waals surface area (Å²) in [6, 6.07) is -0.106. The Balaban J connectivity index is 3.13. The summed E-state index contributed by atoms with van der Waals surface area (Å²) in [7, 11) is -1.88. The van der Waals surface area contributed by atoms with Gasteiger partial charge in [-0.15, -0.1) is 0 Å². The summed E-state index contributed by atoms with van der Waals surface area (Å²) in [5, 5.41) is 15.4. The zero-order chi connectivity index (χ0) is 21.9. The smallest absolute Gasteiger partial charge is 0.304 e. The van der Waals surface area contributed by atoms with E-state index in [9.17, 15) is 13.2 Å². The molecule has 1 saturated heterocycles. The zero-order valence-electron chi connectivity index (χ0n) is 18.3. The topological polar surface area (TPSA) is 105 Å². The van der Waals surface area contributed by atoms with Crippen LogP contribution in [0.3, 0.4) is 0 Å². The minimum Gasteiger partial charge on any atom is -0.481 e. The van der Waals surface area contributed by atoms with Gasteiger partial charge in [-0.3, -0.25) is 4.79 Å². The van der Waals surface area contributed by atoms with E-state index >= 15 is 0 Å². The zero-order valence-corrected chi connectivity index (χ0v) is 19.1. The first-order valence-corrected chi connectivity index (χ1v) is 12.2. The molecule has 29 heavy (non-hydrogen) atoms. The van der Waals surface area contributed by atoms with Crippen LogP contribution in [-0.2, 0) is 19.4 Å². The first-order chi connectivity index (χ1) is 13.7. The van der Waals surface area contributed by atoms with Crippen LogP contribution in [0.15, 0.2) is 22.6 Å². The van der Waals surface area contributed by atoms with Gasteiger partial charge in [-0.2, -0.15) is 0 Å². The highest BCUT2D eigenvalue weighted by molar-refractivity contribution is 7.95. The molecule has 0 saturated carbocycles. The Morgan fingerprint density at radius 2 is 2.07 bits per heavy atom. The maximum absolute atomic E-state index is 13.4. The number of aliphatic carboxylic acids is 1. The molecule has 0 amide bonds. The van der Waals surface area contributed by atoms with Crippen LogP contribution in [-0.4, -0.2) is 63.6 Å². The van der Waals surface area contributed by atoms with Gasteiger partial charge in [0.05, 0.1) is 23.7 Å². The summed E-state index contributed by atoms with van der Waals surface area (Å²) in [6.07, 6.45) is 7.76. The van der Waals surface area contributed by atoms with E-state index in [1.54, 1.807) is 13.2 Å². The number of carboxylic acids is 1. The lowest BCUT2D eigenvalue weighted by Gasteiger charge is -2.34. The molecule has 168 valence electrons. The van der Waals surface area contributed by atoms with Gasteiger partial charge < -0.3 is 20.5 Å². The Kier molecular flexibility index (Phi) is 11.1. The van der Waals surface area contributed by atoms with E-state index in [-0.39, 0.29) is 18.2 Å². The summed E-state index contributed by atoms with van der Waals surface area (Å²) < 4.78 is 31.9. The van der Waals surface area contributed by atoms with Gasteiger partial charge in [-0.25, -0.2) is 8.42 Å². The second-order valence-electron chi connectivity index (χ2n) is 7.73. The van der Waals surface area contributed by atoms with Gasteiger partial charge in [0.1, 0.15) is 0 Å². The van der Waals surface area contributed by atoms with Crippen molar-refractivity contribution in [3.63, 3.8) is 0 Å². The largest absolute Gasteiger partial charge is 0.481 e. The molecule has 0 bridgehead atoms. The van der Waals surface area contributed by atoms with Crippen molar-refractivity contribution in [2.45, 2.75) is 70.9 Å². The molecule has 0 aromatic heterocycles. The van der Waals surface area contributed by atoms with Crippen LogP contribution < -0.4 is 10.6 Å². The van der Waals surface area contributed by atoms with Gasteiger partial charge in [0.15, 0.2) is 9.84 Å². The lowest BCUT2D eigenvalue weighted by molar-refractivity contribution is -0.136. The Hall–Kier alpha value is -1.22. The molecule has 0 aliphatic carbocycles. The molecule has 0 aromatic carbocycles. The van der Waals surface area contributed by atoms with Crippen molar-refractivity contribution < 1.29 is 23.1 Å². The predicted octanol–water partition coefficient (Wildman–Crippen LogP) is 2.64. The maximum Gasteiger partial charge on any atom is 0.304 e. The van der Waals surface area contributed by atoms with Crippen LogP contribution in [0.25, 0.3) is 0 Å². The highest BCUT2D eigenvalue weighted by atomic mass is 32.2. The fraction of sp³-hybridized carbons (Fsp3) is 0.762. The molecular weight excluding hydrogens is 392 g/mol. The van der Waals surface area contributed by atoms with E-state index in [2.05, 4.69) is 17.6 Å². The minimum atomic E-state index is -3.48. The van der Waals surface area contributed by atoms with Gasteiger partial charge in [0.2, 0.25) is 0 Å². The molecule has 1 heterocycles. The lowest BCUT2D eigenvalue weighted by atomic mass is 9.90. The van der Waals surface area contributed by atoms with E-state index in [4.69, 9.17) is 9.84 Å². The van der Waals surface area contributed by atoms with Crippen molar-refractivity contribution in [1.82, 2.24) is 10.6 Å². The van der Waals surface area contributed by atoms with Crippen molar-refractivity contribution in [2.75, 3.05) is 32.6 Å². The predicted molar refractivity (Wildman–Crippen MR) is 117 cm³/mol. The van der Waals surface area contributed by atoms with Crippen molar-refractivity contribution in [2.24, 2.45) is 0 Å². The van der Waals surface area contributed by atoms with Crippen LogP contribution in [0.4, 0.5) is 0 Å². The van der Waals surface area contributed by atoms with Crippen molar-refractivity contribution >= 4 is 15.8 Å². The summed E-state index contributed by atoms with van der Waals surface area (Å²) in [4.78, 5) is 11.0. The van der Waals surface area contributed by atoms with Crippen LogP contribution in [0.5, 0.6) is 0 Å². The molecule has 7 nitrogen and oxygen atoms in total. The standard InChI is InChI=1S/C21H38N2O5S/c1-5-7-12-21(6-2)16-29(26,27)19(9-8-13-22-14-10-20(24)25)18(11-15-28-4)17(3)23-21/h9,11,17,22-23H,5-8,10,12-16H2,1-4H3,(H,24,25)/b18-11-,19-9+/t17-,21-/m1/s1. The summed E-state index contributed by atoms with van der Waals surface area (Å²) in [6.45, 7) is 7.41. The first-order valence-electron chi connectivity index (χ1n) is 10.5. The van der Waals surface area contributed by atoms with E-state index in [0.717, 1.165) is 31.3 Å². The van der Waals surface area contributed by atoms with Gasteiger partial charge in [-0.1, -0.05) is 38.8 Å². The van der Waals surface area contributed by atoms with Crippen LogP contribution in [0, 0.1) is 0 Å². The van der Waals surface area contributed by atoms with Crippen LogP contribution >= 0.6 is 0 Å². The molecular formula is C21H38N2O5S. The average molecular weight is 431 g/mol. The molecule has 1 fully saturated rings. The minimum absolute atomic E-state index is 0.0469. The fourth-order valence-corrected chi connectivity index (χ4v) is 6.08. The van der Waals surface area contributed by atoms with E-state index in [0.29, 0.717) is 31.0 Å². The summed E-state index contributed by atoms with van der Waals surface area (Å²) in [5.41, 5.74) is 0.319. The van der Waals surface area contributed by atoms with E-state index < -0.39 is 21.3 Å². The Morgan fingerprint density at radius 1 is 1.34 bits per heavy atom. The van der Waals surface area contributed by atoms with E-state index in [1.807, 2.05) is 19.9 Å². The quantitative estimate of drug-likeness (QED) is 0.409. The first kappa shape index (κ1) is 25.8. The molecule has 0 unspecified atom stereocenters. The van der Waals surface area contributed by atoms with Crippen LogP contribution in [0.1, 0.15) is 59.3 Å². The summed E-state index contributed by atoms with van der Waals surface area (Å²) in [5.74, 6) is -0.765. The second kappa shape index (κ2) is 12.5. The number of methoxy groups -OCH3 is 1. The molecule has 2 atom stereocenters. The Labute approximate surface area is 175 Å². The molecule has 0 spiro atoms. The highest BCUT2D eigenvalue weighted by Gasteiger charge is 2.41. The molecule has 1 aliphatic heterocycles. The third kappa shape index (κ3) is 8.20. The van der Waals surface area contributed by atoms with Crippen molar-refractivity contribution in [3.05, 3.63) is 22.6 Å². The number of ether oxygens (including phenoxy) is 1. The number of unbranched alkanes of at least 4 members (excludes halogenated alkanes) is 1. The molecule has 1 aliphatic rings. The normalized spacial score (nSPS) is 27.2. The average Bonchev–Trinajstić information content (AvgIpc) is 2.73. The molecule has 3 N–H and O–H groups in total. The molecule has 0 aromatic rings. The summed E-state index contributed by atoms with van der Waals surface area (Å²) >= 11 is 0. The van der Waals surface area contributed by atoms with Crippen molar-refractivity contribution in [1.29, 1.82) is 0 Å².